The lowest BCUT2D eigenvalue weighted by Crippen LogP contribution is -2.46. The Bertz CT molecular complexity index is 120. The monoisotopic (exact) mass is 166 g/mol. The van der Waals surface area contributed by atoms with Gasteiger partial charge in [0.2, 0.25) is 0 Å². The maximum absolute atomic E-state index is 11.5. The Morgan fingerprint density at radius 1 is 1.55 bits per heavy atom. The second-order valence-electron chi connectivity index (χ2n) is 2.65. The summed E-state index contributed by atoms with van der Waals surface area (Å²) in [5.41, 5.74) is 0. The number of halogens is 1. The Labute approximate surface area is 63.4 Å². The standard InChI is InChI=1S/C6H11FO4/c1-3-6(9)4(8)2-5(10-3)11-7/h3-6,8-9H,2H2,1H3/t3-,4-,5-,6+/m1/s1. The van der Waals surface area contributed by atoms with Crippen LogP contribution in [0.15, 0.2) is 0 Å². The van der Waals surface area contributed by atoms with E-state index in [2.05, 4.69) is 4.94 Å². The Morgan fingerprint density at radius 2 is 2.18 bits per heavy atom. The zero-order chi connectivity index (χ0) is 8.43. The van der Waals surface area contributed by atoms with Gasteiger partial charge in [-0.2, -0.15) is 4.94 Å². The van der Waals surface area contributed by atoms with Gasteiger partial charge >= 0.3 is 0 Å². The number of aliphatic hydroxyl groups excluding tert-OH is 2. The van der Waals surface area contributed by atoms with Gasteiger partial charge in [-0.15, -0.1) is 0 Å². The summed E-state index contributed by atoms with van der Waals surface area (Å²) in [5.74, 6) is 0. The van der Waals surface area contributed by atoms with Crippen LogP contribution in [0.2, 0.25) is 0 Å². The van der Waals surface area contributed by atoms with E-state index in [9.17, 15) is 4.53 Å². The molecule has 0 aliphatic carbocycles. The van der Waals surface area contributed by atoms with Crippen LogP contribution in [-0.2, 0) is 9.68 Å². The molecule has 1 heterocycles. The van der Waals surface area contributed by atoms with Gasteiger partial charge in [-0.3, -0.25) is 0 Å². The molecular formula is C6H11FO4. The average Bonchev–Trinajstić information content (AvgIpc) is 1.99. The second kappa shape index (κ2) is 3.44. The Balaban J connectivity index is 2.47. The quantitative estimate of drug-likeness (QED) is 0.563. The molecule has 11 heavy (non-hydrogen) atoms. The van der Waals surface area contributed by atoms with E-state index in [4.69, 9.17) is 14.9 Å². The van der Waals surface area contributed by atoms with Crippen molar-refractivity contribution in [2.45, 2.75) is 37.9 Å². The molecule has 1 fully saturated rings. The van der Waals surface area contributed by atoms with Crippen LogP contribution in [0, 0.1) is 0 Å². The molecule has 0 unspecified atom stereocenters. The van der Waals surface area contributed by atoms with Crippen LogP contribution >= 0.6 is 0 Å². The van der Waals surface area contributed by atoms with E-state index < -0.39 is 24.6 Å². The van der Waals surface area contributed by atoms with Crippen LogP contribution in [0.25, 0.3) is 0 Å². The fourth-order valence-corrected chi connectivity index (χ4v) is 1.08. The third-order valence-electron chi connectivity index (χ3n) is 1.77. The topological polar surface area (TPSA) is 58.9 Å². The molecule has 1 saturated heterocycles. The van der Waals surface area contributed by atoms with Crippen LogP contribution < -0.4 is 0 Å². The predicted molar refractivity (Wildman–Crippen MR) is 33.2 cm³/mol. The first-order valence-electron chi connectivity index (χ1n) is 3.44. The molecule has 5 heteroatoms. The normalized spacial score (nSPS) is 45.8. The second-order valence-corrected chi connectivity index (χ2v) is 2.65. The van der Waals surface area contributed by atoms with E-state index >= 15 is 0 Å². The van der Waals surface area contributed by atoms with Gasteiger partial charge in [0.25, 0.3) is 0 Å². The van der Waals surface area contributed by atoms with Crippen LogP contribution in [0.3, 0.4) is 0 Å². The third kappa shape index (κ3) is 1.87. The summed E-state index contributed by atoms with van der Waals surface area (Å²) in [4.78, 5) is 3.39. The van der Waals surface area contributed by atoms with Crippen molar-refractivity contribution < 1.29 is 24.4 Å². The number of hydrogen-bond donors (Lipinski definition) is 2. The highest BCUT2D eigenvalue weighted by Crippen LogP contribution is 2.20. The van der Waals surface area contributed by atoms with Crippen LogP contribution in [-0.4, -0.2) is 34.8 Å². The number of ether oxygens (including phenoxy) is 1. The van der Waals surface area contributed by atoms with Crippen LogP contribution in [0.1, 0.15) is 13.3 Å². The lowest BCUT2D eigenvalue weighted by Gasteiger charge is -2.32. The Morgan fingerprint density at radius 3 is 2.64 bits per heavy atom. The maximum Gasteiger partial charge on any atom is 0.199 e. The minimum Gasteiger partial charge on any atom is -0.390 e. The van der Waals surface area contributed by atoms with E-state index in [0.717, 1.165) is 0 Å². The van der Waals surface area contributed by atoms with Gasteiger partial charge in [0.05, 0.1) is 12.2 Å². The summed E-state index contributed by atoms with van der Waals surface area (Å²) >= 11 is 0. The minimum atomic E-state index is -1.05. The van der Waals surface area contributed by atoms with Gasteiger partial charge < -0.3 is 14.9 Å². The smallest absolute Gasteiger partial charge is 0.199 e. The van der Waals surface area contributed by atoms with Crippen molar-refractivity contribution in [2.75, 3.05) is 0 Å². The molecule has 66 valence electrons. The van der Waals surface area contributed by atoms with Gasteiger partial charge in [0.15, 0.2) is 6.29 Å². The van der Waals surface area contributed by atoms with Gasteiger partial charge in [-0.25, -0.2) is 0 Å². The maximum atomic E-state index is 11.5. The fourth-order valence-electron chi connectivity index (χ4n) is 1.08. The highest BCUT2D eigenvalue weighted by atomic mass is 19.3. The zero-order valence-corrected chi connectivity index (χ0v) is 6.11. The molecule has 0 aromatic carbocycles. The molecule has 4 atom stereocenters. The van der Waals surface area contributed by atoms with E-state index in [1.165, 1.54) is 0 Å². The third-order valence-corrected chi connectivity index (χ3v) is 1.77. The summed E-state index contributed by atoms with van der Waals surface area (Å²) in [6.45, 7) is 1.54. The predicted octanol–water partition coefficient (Wildman–Crippen LogP) is -0.256. The summed E-state index contributed by atoms with van der Waals surface area (Å²) in [5, 5.41) is 18.2. The molecule has 4 nitrogen and oxygen atoms in total. The van der Waals surface area contributed by atoms with Crippen molar-refractivity contribution in [2.24, 2.45) is 0 Å². The first-order chi connectivity index (χ1) is 5.15. The molecule has 1 aliphatic heterocycles. The Kier molecular flexibility index (Phi) is 2.78. The van der Waals surface area contributed by atoms with Gasteiger partial charge in [0.1, 0.15) is 6.10 Å². The molecule has 0 radical (unpaired) electrons. The molecule has 1 aliphatic rings. The summed E-state index contributed by atoms with van der Waals surface area (Å²) < 4.78 is 16.3. The zero-order valence-electron chi connectivity index (χ0n) is 6.11. The summed E-state index contributed by atoms with van der Waals surface area (Å²) in [7, 11) is 0. The number of rotatable bonds is 1. The molecule has 0 saturated carbocycles. The van der Waals surface area contributed by atoms with Gasteiger partial charge in [-0.05, 0) is 11.4 Å². The van der Waals surface area contributed by atoms with Crippen molar-refractivity contribution in [3.05, 3.63) is 0 Å². The van der Waals surface area contributed by atoms with Crippen molar-refractivity contribution >= 4 is 0 Å². The van der Waals surface area contributed by atoms with Crippen molar-refractivity contribution in [3.63, 3.8) is 0 Å². The first kappa shape index (κ1) is 8.86. The van der Waals surface area contributed by atoms with E-state index in [-0.39, 0.29) is 6.42 Å². The highest BCUT2D eigenvalue weighted by molar-refractivity contribution is 4.79. The van der Waals surface area contributed by atoms with E-state index in [0.29, 0.717) is 0 Å². The molecule has 1 rings (SSSR count). The first-order valence-corrected chi connectivity index (χ1v) is 3.44. The van der Waals surface area contributed by atoms with Gasteiger partial charge in [-0.1, -0.05) is 0 Å². The Hall–Kier alpha value is -0.230. The van der Waals surface area contributed by atoms with Crippen LogP contribution in [0.4, 0.5) is 4.53 Å². The van der Waals surface area contributed by atoms with Crippen molar-refractivity contribution in [1.82, 2.24) is 0 Å². The lowest BCUT2D eigenvalue weighted by molar-refractivity contribution is -0.323. The molecule has 0 aromatic rings. The van der Waals surface area contributed by atoms with Crippen LogP contribution in [0.5, 0.6) is 0 Å². The lowest BCUT2D eigenvalue weighted by atomic mass is 10.0. The van der Waals surface area contributed by atoms with E-state index in [1.54, 1.807) is 6.92 Å². The summed E-state index contributed by atoms with van der Waals surface area (Å²) in [6.07, 6.45) is -3.62. The number of aliphatic hydroxyl groups is 2. The summed E-state index contributed by atoms with van der Waals surface area (Å²) in [6, 6.07) is 0. The number of hydrogen-bond acceptors (Lipinski definition) is 4. The molecule has 0 bridgehead atoms. The minimum absolute atomic E-state index is 0.0397. The van der Waals surface area contributed by atoms with Crippen molar-refractivity contribution in [3.8, 4) is 0 Å². The molecule has 0 spiro atoms. The molecule has 2 N–H and O–H groups in total. The molecule has 0 aromatic heterocycles. The largest absolute Gasteiger partial charge is 0.390 e. The SMILES string of the molecule is C[C@H]1O[C@H](OF)C[C@@H](O)[C@H]1O. The highest BCUT2D eigenvalue weighted by Gasteiger charge is 2.34. The average molecular weight is 166 g/mol. The fraction of sp³-hybridized carbons (Fsp3) is 1.00. The molecule has 0 amide bonds. The van der Waals surface area contributed by atoms with Gasteiger partial charge in [0, 0.05) is 6.42 Å². The van der Waals surface area contributed by atoms with E-state index in [1.807, 2.05) is 0 Å². The molecular weight excluding hydrogens is 155 g/mol. The van der Waals surface area contributed by atoms with Crippen molar-refractivity contribution in [1.29, 1.82) is 0 Å².